The molecule has 4 rings (SSSR count). The van der Waals surface area contributed by atoms with E-state index in [4.69, 9.17) is 4.74 Å². The summed E-state index contributed by atoms with van der Waals surface area (Å²) >= 11 is 0. The van der Waals surface area contributed by atoms with E-state index in [-0.39, 0.29) is 17.9 Å². The highest BCUT2D eigenvalue weighted by Crippen LogP contribution is 2.19. The number of fused-ring (bicyclic) bond motifs is 2. The second-order valence-electron chi connectivity index (χ2n) is 7.17. The summed E-state index contributed by atoms with van der Waals surface area (Å²) in [7, 11) is 0. The largest absolute Gasteiger partial charge is 0.494 e. The van der Waals surface area contributed by atoms with E-state index < -0.39 is 0 Å². The van der Waals surface area contributed by atoms with Gasteiger partial charge in [-0.05, 0) is 49.2 Å². The van der Waals surface area contributed by atoms with Gasteiger partial charge in [0.15, 0.2) is 5.43 Å². The topological polar surface area (TPSA) is 60.3 Å². The first kappa shape index (κ1) is 19.7. The van der Waals surface area contributed by atoms with Crippen LogP contribution < -0.4 is 15.5 Å². The summed E-state index contributed by atoms with van der Waals surface area (Å²) in [5, 5.41) is 4.23. The van der Waals surface area contributed by atoms with E-state index in [1.54, 1.807) is 0 Å². The normalized spacial score (nSPS) is 10.9. The summed E-state index contributed by atoms with van der Waals surface area (Å²) in [6.45, 7) is 1.38. The molecule has 30 heavy (non-hydrogen) atoms. The molecule has 5 heteroatoms. The quantitative estimate of drug-likeness (QED) is 0.357. The summed E-state index contributed by atoms with van der Waals surface area (Å²) in [6, 6.07) is 24.6. The van der Waals surface area contributed by atoms with Crippen LogP contribution in [0.25, 0.3) is 21.8 Å². The lowest BCUT2D eigenvalue weighted by Crippen LogP contribution is -2.29. The predicted octanol–water partition coefficient (Wildman–Crippen LogP) is 4.13. The van der Waals surface area contributed by atoms with E-state index in [0.29, 0.717) is 23.9 Å². The minimum atomic E-state index is -0.0714. The Balaban J connectivity index is 1.38. The van der Waals surface area contributed by atoms with E-state index in [1.165, 1.54) is 0 Å². The first-order chi connectivity index (χ1) is 14.7. The van der Waals surface area contributed by atoms with Crippen LogP contribution in [0.15, 0.2) is 83.7 Å². The molecule has 0 bridgehead atoms. The second kappa shape index (κ2) is 9.27. The average molecular weight is 400 g/mol. The molecule has 0 saturated carbocycles. The Morgan fingerprint density at radius 2 is 1.40 bits per heavy atom. The molecule has 1 aromatic heterocycles. The molecule has 0 atom stereocenters. The molecule has 152 valence electrons. The van der Waals surface area contributed by atoms with Crippen molar-refractivity contribution in [1.29, 1.82) is 0 Å². The number of hydrogen-bond donors (Lipinski definition) is 1. The van der Waals surface area contributed by atoms with Crippen LogP contribution >= 0.6 is 0 Å². The number of amides is 1. The van der Waals surface area contributed by atoms with Crippen LogP contribution in [-0.2, 0) is 11.3 Å². The molecule has 1 N–H and O–H groups in total. The van der Waals surface area contributed by atoms with Crippen molar-refractivity contribution in [1.82, 2.24) is 9.88 Å². The molecular formula is C25H24N2O3. The van der Waals surface area contributed by atoms with Crippen molar-refractivity contribution in [2.24, 2.45) is 0 Å². The molecule has 0 fully saturated rings. The number of aromatic nitrogens is 1. The standard InChI is InChI=1S/C25H24N2O3/c28-24(26-16-8-9-17-30-19-10-2-1-3-11-19)18-27-22-14-6-4-12-20(22)25(29)21-13-5-7-15-23(21)27/h1-7,10-15H,8-9,16-18H2,(H,26,28). The molecule has 0 aliphatic carbocycles. The Morgan fingerprint density at radius 1 is 0.800 bits per heavy atom. The van der Waals surface area contributed by atoms with Crippen LogP contribution in [0.5, 0.6) is 5.75 Å². The zero-order valence-corrected chi connectivity index (χ0v) is 16.7. The molecule has 1 amide bonds. The van der Waals surface area contributed by atoms with Gasteiger partial charge in [0, 0.05) is 17.3 Å². The molecule has 0 radical (unpaired) electrons. The number of para-hydroxylation sites is 3. The Morgan fingerprint density at radius 3 is 2.07 bits per heavy atom. The summed E-state index contributed by atoms with van der Waals surface area (Å²) in [5.41, 5.74) is 1.54. The van der Waals surface area contributed by atoms with Crippen LogP contribution in [0.1, 0.15) is 12.8 Å². The number of benzene rings is 3. The SMILES string of the molecule is O=C(Cn1c2ccccc2c(=O)c2ccccc21)NCCCCOc1ccccc1. The third kappa shape index (κ3) is 4.35. The van der Waals surface area contributed by atoms with Gasteiger partial charge in [0.2, 0.25) is 5.91 Å². The molecule has 0 aliphatic rings. The number of pyridine rings is 1. The fourth-order valence-corrected chi connectivity index (χ4v) is 3.61. The lowest BCUT2D eigenvalue weighted by molar-refractivity contribution is -0.121. The van der Waals surface area contributed by atoms with Gasteiger partial charge >= 0.3 is 0 Å². The van der Waals surface area contributed by atoms with Crippen molar-refractivity contribution in [3.8, 4) is 5.75 Å². The van der Waals surface area contributed by atoms with Crippen LogP contribution in [0.4, 0.5) is 0 Å². The summed E-state index contributed by atoms with van der Waals surface area (Å²) in [5.74, 6) is 0.788. The predicted molar refractivity (Wildman–Crippen MR) is 120 cm³/mol. The number of carbonyl (C=O) groups excluding carboxylic acids is 1. The molecule has 3 aromatic carbocycles. The fraction of sp³-hybridized carbons (Fsp3) is 0.200. The third-order valence-corrected chi connectivity index (χ3v) is 5.09. The van der Waals surface area contributed by atoms with Gasteiger partial charge in [-0.3, -0.25) is 9.59 Å². The molecule has 4 aromatic rings. The van der Waals surface area contributed by atoms with E-state index in [9.17, 15) is 9.59 Å². The van der Waals surface area contributed by atoms with Gasteiger partial charge in [-0.15, -0.1) is 0 Å². The Hall–Kier alpha value is -3.60. The average Bonchev–Trinajstić information content (AvgIpc) is 2.79. The van der Waals surface area contributed by atoms with E-state index in [2.05, 4.69) is 5.32 Å². The Bertz CT molecular complexity index is 1160. The van der Waals surface area contributed by atoms with Crippen molar-refractivity contribution in [2.45, 2.75) is 19.4 Å². The molecule has 0 spiro atoms. The first-order valence-corrected chi connectivity index (χ1v) is 10.2. The summed E-state index contributed by atoms with van der Waals surface area (Å²) in [4.78, 5) is 25.4. The van der Waals surface area contributed by atoms with Gasteiger partial charge in [0.1, 0.15) is 12.3 Å². The highest BCUT2D eigenvalue weighted by atomic mass is 16.5. The molecular weight excluding hydrogens is 376 g/mol. The summed E-state index contributed by atoms with van der Waals surface area (Å²) < 4.78 is 7.59. The number of nitrogens with one attached hydrogen (secondary N) is 1. The summed E-state index contributed by atoms with van der Waals surface area (Å²) in [6.07, 6.45) is 1.70. The molecule has 1 heterocycles. The number of carbonyl (C=O) groups is 1. The highest BCUT2D eigenvalue weighted by molar-refractivity contribution is 5.94. The minimum Gasteiger partial charge on any atom is -0.494 e. The number of unbranched alkanes of at least 4 members (excludes halogenated alkanes) is 1. The molecule has 0 unspecified atom stereocenters. The van der Waals surface area contributed by atoms with Crippen LogP contribution in [0, 0.1) is 0 Å². The van der Waals surface area contributed by atoms with Gasteiger partial charge in [0.25, 0.3) is 0 Å². The van der Waals surface area contributed by atoms with Crippen LogP contribution in [-0.4, -0.2) is 23.6 Å². The zero-order chi connectivity index (χ0) is 20.8. The second-order valence-corrected chi connectivity index (χ2v) is 7.17. The van der Waals surface area contributed by atoms with Crippen LogP contribution in [0.3, 0.4) is 0 Å². The number of hydrogen-bond acceptors (Lipinski definition) is 3. The van der Waals surface area contributed by atoms with Crippen molar-refractivity contribution in [2.75, 3.05) is 13.2 Å². The highest BCUT2D eigenvalue weighted by Gasteiger charge is 2.12. The van der Waals surface area contributed by atoms with Gasteiger partial charge in [-0.1, -0.05) is 42.5 Å². The van der Waals surface area contributed by atoms with E-state index in [0.717, 1.165) is 29.6 Å². The first-order valence-electron chi connectivity index (χ1n) is 10.2. The Kier molecular flexibility index (Phi) is 6.09. The molecule has 5 nitrogen and oxygen atoms in total. The monoisotopic (exact) mass is 400 g/mol. The van der Waals surface area contributed by atoms with Gasteiger partial charge in [-0.2, -0.15) is 0 Å². The van der Waals surface area contributed by atoms with Crippen molar-refractivity contribution >= 4 is 27.7 Å². The lowest BCUT2D eigenvalue weighted by Gasteiger charge is -2.15. The Labute approximate surface area is 174 Å². The van der Waals surface area contributed by atoms with Gasteiger partial charge < -0.3 is 14.6 Å². The maximum Gasteiger partial charge on any atom is 0.239 e. The van der Waals surface area contributed by atoms with Crippen molar-refractivity contribution < 1.29 is 9.53 Å². The third-order valence-electron chi connectivity index (χ3n) is 5.09. The van der Waals surface area contributed by atoms with Crippen LogP contribution in [0.2, 0.25) is 0 Å². The zero-order valence-electron chi connectivity index (χ0n) is 16.7. The maximum absolute atomic E-state index is 12.8. The van der Waals surface area contributed by atoms with Crippen molar-refractivity contribution in [3.05, 3.63) is 89.1 Å². The molecule has 0 aliphatic heterocycles. The number of nitrogens with zero attached hydrogens (tertiary/aromatic N) is 1. The number of rotatable bonds is 8. The smallest absolute Gasteiger partial charge is 0.239 e. The van der Waals surface area contributed by atoms with Gasteiger partial charge in [-0.25, -0.2) is 0 Å². The minimum absolute atomic E-state index is 0.00345. The van der Waals surface area contributed by atoms with E-state index >= 15 is 0 Å². The van der Waals surface area contributed by atoms with Gasteiger partial charge in [0.05, 0.1) is 17.6 Å². The van der Waals surface area contributed by atoms with Crippen molar-refractivity contribution in [3.63, 3.8) is 0 Å². The van der Waals surface area contributed by atoms with E-state index in [1.807, 2.05) is 83.4 Å². The molecule has 0 saturated heterocycles. The fourth-order valence-electron chi connectivity index (χ4n) is 3.61. The maximum atomic E-state index is 12.8. The number of ether oxygens (including phenoxy) is 1. The lowest BCUT2D eigenvalue weighted by atomic mass is 10.1.